The van der Waals surface area contributed by atoms with Crippen molar-refractivity contribution in [2.75, 3.05) is 32.9 Å². The first-order valence-electron chi connectivity index (χ1n) is 6.45. The van der Waals surface area contributed by atoms with E-state index in [1.54, 1.807) is 6.92 Å². The van der Waals surface area contributed by atoms with Crippen LogP contribution in [0.3, 0.4) is 0 Å². The lowest BCUT2D eigenvalue weighted by atomic mass is 9.86. The van der Waals surface area contributed by atoms with Gasteiger partial charge in [-0.2, -0.15) is 0 Å². The second kappa shape index (κ2) is 5.57. The second-order valence-electron chi connectivity index (χ2n) is 4.94. The molecule has 0 aromatic rings. The first-order chi connectivity index (χ1) is 9.09. The van der Waals surface area contributed by atoms with Gasteiger partial charge in [0.2, 0.25) is 0 Å². The number of carbonyl (C=O) groups excluding carboxylic acids is 2. The summed E-state index contributed by atoms with van der Waals surface area (Å²) in [6, 6.07) is 0. The highest BCUT2D eigenvalue weighted by atomic mass is 16.5. The standard InChI is InChI=1S/C14H19NO4/c1-3-8-19-13(17)14(2)5-4-11(12(14)16)15-6-9-18-10-7-15/h3-4H,1,5-10H2,2H3. The molecule has 0 N–H and O–H groups in total. The van der Waals surface area contributed by atoms with Crippen molar-refractivity contribution in [3.05, 3.63) is 24.4 Å². The summed E-state index contributed by atoms with van der Waals surface area (Å²) in [6.07, 6.45) is 3.73. The van der Waals surface area contributed by atoms with E-state index < -0.39 is 11.4 Å². The Kier molecular flexibility index (Phi) is 4.04. The highest BCUT2D eigenvalue weighted by Gasteiger charge is 2.48. The van der Waals surface area contributed by atoms with Crippen LogP contribution in [0.4, 0.5) is 0 Å². The van der Waals surface area contributed by atoms with Crippen LogP contribution in [-0.4, -0.2) is 49.6 Å². The van der Waals surface area contributed by atoms with Gasteiger partial charge in [-0.05, 0) is 13.3 Å². The van der Waals surface area contributed by atoms with Gasteiger partial charge in [-0.25, -0.2) is 0 Å². The minimum Gasteiger partial charge on any atom is -0.461 e. The van der Waals surface area contributed by atoms with E-state index in [1.165, 1.54) is 6.08 Å². The summed E-state index contributed by atoms with van der Waals surface area (Å²) in [6.45, 7) is 7.88. The fourth-order valence-electron chi connectivity index (χ4n) is 2.32. The summed E-state index contributed by atoms with van der Waals surface area (Å²) in [4.78, 5) is 26.4. The fraction of sp³-hybridized carbons (Fsp3) is 0.571. The van der Waals surface area contributed by atoms with Crippen LogP contribution in [0, 0.1) is 5.41 Å². The van der Waals surface area contributed by atoms with E-state index in [-0.39, 0.29) is 12.4 Å². The third-order valence-electron chi connectivity index (χ3n) is 3.57. The first kappa shape index (κ1) is 13.8. The number of allylic oxidation sites excluding steroid dienone is 2. The lowest BCUT2D eigenvalue weighted by Gasteiger charge is -2.30. The molecule has 1 atom stereocenters. The van der Waals surface area contributed by atoms with Crippen LogP contribution in [-0.2, 0) is 19.1 Å². The molecule has 1 saturated heterocycles. The van der Waals surface area contributed by atoms with Gasteiger partial charge < -0.3 is 14.4 Å². The monoisotopic (exact) mass is 265 g/mol. The summed E-state index contributed by atoms with van der Waals surface area (Å²) < 4.78 is 10.3. The molecule has 0 bridgehead atoms. The van der Waals surface area contributed by atoms with Gasteiger partial charge in [-0.1, -0.05) is 18.7 Å². The average molecular weight is 265 g/mol. The van der Waals surface area contributed by atoms with Crippen molar-refractivity contribution in [1.82, 2.24) is 4.90 Å². The zero-order chi connectivity index (χ0) is 13.9. The van der Waals surface area contributed by atoms with Crippen LogP contribution >= 0.6 is 0 Å². The quantitative estimate of drug-likeness (QED) is 0.429. The van der Waals surface area contributed by atoms with Crippen LogP contribution in [0.25, 0.3) is 0 Å². The molecular weight excluding hydrogens is 246 g/mol. The second-order valence-corrected chi connectivity index (χ2v) is 4.94. The molecule has 19 heavy (non-hydrogen) atoms. The SMILES string of the molecule is C=CCOC(=O)C1(C)CC=C(N2CCOCC2)C1=O. The fourth-order valence-corrected chi connectivity index (χ4v) is 2.32. The predicted molar refractivity (Wildman–Crippen MR) is 69.4 cm³/mol. The molecule has 1 unspecified atom stereocenters. The van der Waals surface area contributed by atoms with Crippen LogP contribution in [0.1, 0.15) is 13.3 Å². The number of morpholine rings is 1. The molecule has 0 saturated carbocycles. The molecule has 1 fully saturated rings. The zero-order valence-corrected chi connectivity index (χ0v) is 11.2. The zero-order valence-electron chi connectivity index (χ0n) is 11.2. The van der Waals surface area contributed by atoms with Crippen molar-refractivity contribution in [2.24, 2.45) is 5.41 Å². The first-order valence-corrected chi connectivity index (χ1v) is 6.45. The van der Waals surface area contributed by atoms with Gasteiger partial charge in [0.1, 0.15) is 12.0 Å². The maximum atomic E-state index is 12.5. The van der Waals surface area contributed by atoms with Gasteiger partial charge in [0.15, 0.2) is 5.78 Å². The average Bonchev–Trinajstić information content (AvgIpc) is 2.75. The number of Topliss-reactive ketones (excluding diaryl/α,β-unsaturated/α-hetero) is 1. The van der Waals surface area contributed by atoms with E-state index >= 15 is 0 Å². The van der Waals surface area contributed by atoms with Gasteiger partial charge in [-0.3, -0.25) is 9.59 Å². The molecule has 5 nitrogen and oxygen atoms in total. The number of rotatable bonds is 4. The Morgan fingerprint density at radius 1 is 1.58 bits per heavy atom. The van der Waals surface area contributed by atoms with Gasteiger partial charge in [-0.15, -0.1) is 0 Å². The molecule has 104 valence electrons. The van der Waals surface area contributed by atoms with E-state index in [1.807, 2.05) is 11.0 Å². The Balaban J connectivity index is 2.06. The highest BCUT2D eigenvalue weighted by Crippen LogP contribution is 2.36. The van der Waals surface area contributed by atoms with Crippen LogP contribution in [0.15, 0.2) is 24.4 Å². The maximum absolute atomic E-state index is 12.5. The molecule has 0 amide bonds. The Morgan fingerprint density at radius 2 is 2.26 bits per heavy atom. The molecule has 0 aromatic carbocycles. The van der Waals surface area contributed by atoms with E-state index in [2.05, 4.69) is 6.58 Å². The number of nitrogens with zero attached hydrogens (tertiary/aromatic N) is 1. The normalized spacial score (nSPS) is 27.1. The van der Waals surface area contributed by atoms with E-state index in [9.17, 15) is 9.59 Å². The number of ether oxygens (including phenoxy) is 2. The Labute approximate surface area is 112 Å². The predicted octanol–water partition coefficient (Wildman–Crippen LogP) is 0.911. The van der Waals surface area contributed by atoms with Crippen molar-refractivity contribution in [3.63, 3.8) is 0 Å². The number of carbonyl (C=O) groups is 2. The lowest BCUT2D eigenvalue weighted by molar-refractivity contribution is -0.156. The number of hydrogen-bond acceptors (Lipinski definition) is 5. The maximum Gasteiger partial charge on any atom is 0.320 e. The molecule has 0 radical (unpaired) electrons. The van der Waals surface area contributed by atoms with Crippen LogP contribution in [0.5, 0.6) is 0 Å². The van der Waals surface area contributed by atoms with Gasteiger partial charge in [0.25, 0.3) is 0 Å². The Hall–Kier alpha value is -1.62. The molecule has 1 heterocycles. The van der Waals surface area contributed by atoms with E-state index in [0.29, 0.717) is 38.4 Å². The summed E-state index contributed by atoms with van der Waals surface area (Å²) in [5, 5.41) is 0. The van der Waals surface area contributed by atoms with Crippen LogP contribution < -0.4 is 0 Å². The van der Waals surface area contributed by atoms with Crippen molar-refractivity contribution in [2.45, 2.75) is 13.3 Å². The van der Waals surface area contributed by atoms with Crippen molar-refractivity contribution in [1.29, 1.82) is 0 Å². The molecule has 5 heteroatoms. The summed E-state index contributed by atoms with van der Waals surface area (Å²) in [7, 11) is 0. The minimum absolute atomic E-state index is 0.134. The van der Waals surface area contributed by atoms with Crippen molar-refractivity contribution >= 4 is 11.8 Å². The lowest BCUT2D eigenvalue weighted by Crippen LogP contribution is -2.42. The van der Waals surface area contributed by atoms with E-state index in [4.69, 9.17) is 9.47 Å². The molecule has 0 aromatic heterocycles. The molecular formula is C14H19NO4. The van der Waals surface area contributed by atoms with Crippen LogP contribution in [0.2, 0.25) is 0 Å². The number of hydrogen-bond donors (Lipinski definition) is 0. The summed E-state index contributed by atoms with van der Waals surface area (Å²) in [5.41, 5.74) is -0.460. The van der Waals surface area contributed by atoms with Gasteiger partial charge in [0.05, 0.1) is 18.9 Å². The van der Waals surface area contributed by atoms with Crippen molar-refractivity contribution in [3.8, 4) is 0 Å². The third-order valence-corrected chi connectivity index (χ3v) is 3.57. The molecule has 0 spiro atoms. The third kappa shape index (κ3) is 2.56. The topological polar surface area (TPSA) is 55.8 Å². The van der Waals surface area contributed by atoms with Crippen molar-refractivity contribution < 1.29 is 19.1 Å². The molecule has 1 aliphatic carbocycles. The smallest absolute Gasteiger partial charge is 0.320 e. The molecule has 1 aliphatic heterocycles. The largest absolute Gasteiger partial charge is 0.461 e. The Morgan fingerprint density at radius 3 is 2.89 bits per heavy atom. The summed E-state index contributed by atoms with van der Waals surface area (Å²) >= 11 is 0. The van der Waals surface area contributed by atoms with E-state index in [0.717, 1.165) is 0 Å². The molecule has 2 aliphatic rings. The number of ketones is 1. The number of esters is 1. The molecule has 2 rings (SSSR count). The Bertz CT molecular complexity index is 423. The summed E-state index contributed by atoms with van der Waals surface area (Å²) in [5.74, 6) is -0.625. The van der Waals surface area contributed by atoms with Gasteiger partial charge >= 0.3 is 5.97 Å². The minimum atomic E-state index is -1.09. The highest BCUT2D eigenvalue weighted by molar-refractivity contribution is 6.13. The van der Waals surface area contributed by atoms with Gasteiger partial charge in [0, 0.05) is 13.1 Å².